The average Bonchev–Trinajstić information content (AvgIpc) is 2.37. The van der Waals surface area contributed by atoms with Crippen molar-refractivity contribution in [2.45, 2.75) is 27.3 Å². The Bertz CT molecular complexity index is 558. The second-order valence-electron chi connectivity index (χ2n) is 4.53. The van der Waals surface area contributed by atoms with Gasteiger partial charge in [-0.15, -0.1) is 0 Å². The summed E-state index contributed by atoms with van der Waals surface area (Å²) in [6.45, 7) is 7.77. The van der Waals surface area contributed by atoms with E-state index in [1.165, 1.54) is 0 Å². The van der Waals surface area contributed by atoms with Crippen molar-refractivity contribution in [3.63, 3.8) is 0 Å². The number of aromatic hydroxyl groups is 1. The molecule has 4 heteroatoms. The number of nitrogens with one attached hydrogen (secondary N) is 1. The molecule has 1 aromatic heterocycles. The zero-order valence-electron chi connectivity index (χ0n) is 11.6. The van der Waals surface area contributed by atoms with E-state index in [1.807, 2.05) is 19.9 Å². The molecule has 0 saturated carbocycles. The molecule has 2 aromatic rings. The van der Waals surface area contributed by atoms with Crippen LogP contribution in [0.5, 0.6) is 5.75 Å². The summed E-state index contributed by atoms with van der Waals surface area (Å²) >= 11 is 0. The molecular weight excluding hydrogens is 238 g/mol. The van der Waals surface area contributed by atoms with Gasteiger partial charge >= 0.3 is 0 Å². The number of rotatable bonds is 4. The van der Waals surface area contributed by atoms with Gasteiger partial charge in [-0.25, -0.2) is 9.97 Å². The fraction of sp³-hybridized carbons (Fsp3) is 0.333. The van der Waals surface area contributed by atoms with Crippen molar-refractivity contribution in [1.29, 1.82) is 0 Å². The van der Waals surface area contributed by atoms with Gasteiger partial charge in [0.1, 0.15) is 5.75 Å². The fourth-order valence-corrected chi connectivity index (χ4v) is 2.02. The Balaban J connectivity index is 2.39. The molecular formula is C15H19N3O. The lowest BCUT2D eigenvalue weighted by molar-refractivity contribution is 0.475. The number of hydrogen-bond donors (Lipinski definition) is 2. The highest BCUT2D eigenvalue weighted by Gasteiger charge is 2.09. The predicted molar refractivity (Wildman–Crippen MR) is 76.0 cm³/mol. The number of benzene rings is 1. The molecule has 0 saturated heterocycles. The largest absolute Gasteiger partial charge is 0.508 e. The summed E-state index contributed by atoms with van der Waals surface area (Å²) in [4.78, 5) is 9.07. The monoisotopic (exact) mass is 257 g/mol. The first-order valence-corrected chi connectivity index (χ1v) is 6.46. The SMILES string of the molecule is CCNCc1c(C)nc(-c2cccc(O)c2)nc1C. The summed E-state index contributed by atoms with van der Waals surface area (Å²) in [5, 5.41) is 12.8. The van der Waals surface area contributed by atoms with Gasteiger partial charge < -0.3 is 10.4 Å². The molecule has 0 atom stereocenters. The molecule has 0 bridgehead atoms. The van der Waals surface area contributed by atoms with Crippen LogP contribution in [0.4, 0.5) is 0 Å². The molecule has 0 aliphatic heterocycles. The molecule has 1 aromatic carbocycles. The van der Waals surface area contributed by atoms with E-state index in [0.717, 1.165) is 35.6 Å². The first-order chi connectivity index (χ1) is 9.11. The number of aryl methyl sites for hydroxylation is 2. The maximum absolute atomic E-state index is 9.52. The molecule has 0 amide bonds. The molecule has 4 nitrogen and oxygen atoms in total. The summed E-state index contributed by atoms with van der Waals surface area (Å²) in [7, 11) is 0. The highest BCUT2D eigenvalue weighted by atomic mass is 16.3. The summed E-state index contributed by atoms with van der Waals surface area (Å²) in [5.74, 6) is 0.888. The van der Waals surface area contributed by atoms with Crippen LogP contribution in [0.1, 0.15) is 23.9 Å². The summed E-state index contributed by atoms with van der Waals surface area (Å²) in [6.07, 6.45) is 0. The van der Waals surface area contributed by atoms with Crippen LogP contribution in [-0.4, -0.2) is 21.6 Å². The van der Waals surface area contributed by atoms with Crippen molar-refractivity contribution in [2.24, 2.45) is 0 Å². The Kier molecular flexibility index (Phi) is 4.12. The lowest BCUT2D eigenvalue weighted by atomic mass is 10.1. The van der Waals surface area contributed by atoms with Crippen molar-refractivity contribution in [3.8, 4) is 17.1 Å². The molecule has 2 N–H and O–H groups in total. The minimum atomic E-state index is 0.230. The first-order valence-electron chi connectivity index (χ1n) is 6.46. The van der Waals surface area contributed by atoms with Crippen LogP contribution in [0.25, 0.3) is 11.4 Å². The fourth-order valence-electron chi connectivity index (χ4n) is 2.02. The molecule has 0 unspecified atom stereocenters. The molecule has 1 heterocycles. The summed E-state index contributed by atoms with van der Waals surface area (Å²) in [5.41, 5.74) is 3.94. The number of phenolic OH excluding ortho intramolecular Hbond substituents is 1. The Morgan fingerprint density at radius 3 is 2.42 bits per heavy atom. The number of nitrogens with zero attached hydrogens (tertiary/aromatic N) is 2. The highest BCUT2D eigenvalue weighted by molar-refractivity contribution is 5.58. The highest BCUT2D eigenvalue weighted by Crippen LogP contribution is 2.22. The van der Waals surface area contributed by atoms with Gasteiger partial charge in [-0.3, -0.25) is 0 Å². The molecule has 0 aliphatic carbocycles. The Hall–Kier alpha value is -1.94. The van der Waals surface area contributed by atoms with Crippen molar-refractivity contribution < 1.29 is 5.11 Å². The summed E-state index contributed by atoms with van der Waals surface area (Å²) in [6, 6.07) is 7.02. The van der Waals surface area contributed by atoms with Crippen molar-refractivity contribution in [1.82, 2.24) is 15.3 Å². The topological polar surface area (TPSA) is 58.0 Å². The third-order valence-corrected chi connectivity index (χ3v) is 3.08. The Morgan fingerprint density at radius 2 is 1.84 bits per heavy atom. The van der Waals surface area contributed by atoms with Crippen LogP contribution < -0.4 is 5.32 Å². The zero-order valence-corrected chi connectivity index (χ0v) is 11.6. The van der Waals surface area contributed by atoms with Gasteiger partial charge in [0.2, 0.25) is 0 Å². The van der Waals surface area contributed by atoms with Gasteiger partial charge in [0.25, 0.3) is 0 Å². The van der Waals surface area contributed by atoms with E-state index in [1.54, 1.807) is 18.2 Å². The van der Waals surface area contributed by atoms with Crippen LogP contribution in [0.15, 0.2) is 24.3 Å². The molecule has 0 fully saturated rings. The zero-order chi connectivity index (χ0) is 13.8. The van der Waals surface area contributed by atoms with Crippen molar-refractivity contribution in [3.05, 3.63) is 41.2 Å². The minimum Gasteiger partial charge on any atom is -0.508 e. The van der Waals surface area contributed by atoms with Crippen LogP contribution in [0.3, 0.4) is 0 Å². The number of phenols is 1. The van der Waals surface area contributed by atoms with E-state index >= 15 is 0 Å². The van der Waals surface area contributed by atoms with Gasteiger partial charge in [-0.2, -0.15) is 0 Å². The standard InChI is InChI=1S/C15H19N3O/c1-4-16-9-14-10(2)17-15(18-11(14)3)12-6-5-7-13(19)8-12/h5-8,16,19H,4,9H2,1-3H3. The first kappa shape index (κ1) is 13.5. The van der Waals surface area contributed by atoms with Crippen molar-refractivity contribution in [2.75, 3.05) is 6.54 Å². The van der Waals surface area contributed by atoms with Gasteiger partial charge in [0.15, 0.2) is 5.82 Å². The van der Waals surface area contributed by atoms with Crippen LogP contribution in [0.2, 0.25) is 0 Å². The smallest absolute Gasteiger partial charge is 0.159 e. The number of aromatic nitrogens is 2. The van der Waals surface area contributed by atoms with E-state index in [9.17, 15) is 5.11 Å². The van der Waals surface area contributed by atoms with Gasteiger partial charge in [-0.1, -0.05) is 19.1 Å². The quantitative estimate of drug-likeness (QED) is 0.884. The second-order valence-corrected chi connectivity index (χ2v) is 4.53. The predicted octanol–water partition coefficient (Wildman–Crippen LogP) is 2.58. The van der Waals surface area contributed by atoms with Crippen LogP contribution >= 0.6 is 0 Å². The Labute approximate surface area is 113 Å². The van der Waals surface area contributed by atoms with E-state index < -0.39 is 0 Å². The minimum absolute atomic E-state index is 0.230. The van der Waals surface area contributed by atoms with E-state index in [-0.39, 0.29) is 5.75 Å². The summed E-state index contributed by atoms with van der Waals surface area (Å²) < 4.78 is 0. The van der Waals surface area contributed by atoms with Gasteiger partial charge in [0, 0.05) is 29.1 Å². The molecule has 19 heavy (non-hydrogen) atoms. The second kappa shape index (κ2) is 5.80. The van der Waals surface area contributed by atoms with Crippen molar-refractivity contribution >= 4 is 0 Å². The van der Waals surface area contributed by atoms with E-state index in [0.29, 0.717) is 5.82 Å². The van der Waals surface area contributed by atoms with Gasteiger partial charge in [0.05, 0.1) is 0 Å². The van der Waals surface area contributed by atoms with E-state index in [2.05, 4.69) is 22.2 Å². The van der Waals surface area contributed by atoms with E-state index in [4.69, 9.17) is 0 Å². The number of hydrogen-bond acceptors (Lipinski definition) is 4. The average molecular weight is 257 g/mol. The molecule has 0 aliphatic rings. The van der Waals surface area contributed by atoms with Crippen LogP contribution in [0, 0.1) is 13.8 Å². The maximum atomic E-state index is 9.52. The third-order valence-electron chi connectivity index (χ3n) is 3.08. The van der Waals surface area contributed by atoms with Crippen LogP contribution in [-0.2, 0) is 6.54 Å². The lowest BCUT2D eigenvalue weighted by Crippen LogP contribution is -2.15. The third kappa shape index (κ3) is 3.09. The lowest BCUT2D eigenvalue weighted by Gasteiger charge is -2.11. The maximum Gasteiger partial charge on any atom is 0.159 e. The van der Waals surface area contributed by atoms with Gasteiger partial charge in [-0.05, 0) is 32.5 Å². The molecule has 0 radical (unpaired) electrons. The molecule has 0 spiro atoms. The molecule has 2 rings (SSSR count). The normalized spacial score (nSPS) is 10.7. The Morgan fingerprint density at radius 1 is 1.16 bits per heavy atom. The molecule has 100 valence electrons.